The molecule has 2 amide bonds. The second-order valence-electron chi connectivity index (χ2n) is 8.59. The number of urea groups is 1. The molecule has 0 saturated carbocycles. The zero-order valence-corrected chi connectivity index (χ0v) is 17.9. The number of nitrogens with one attached hydrogen (secondary N) is 1. The van der Waals surface area contributed by atoms with Gasteiger partial charge in [-0.05, 0) is 41.5 Å². The first-order valence-electron chi connectivity index (χ1n) is 10.3. The molecule has 1 saturated heterocycles. The van der Waals surface area contributed by atoms with E-state index in [1.807, 2.05) is 29.2 Å². The fourth-order valence-electron chi connectivity index (χ4n) is 3.53. The van der Waals surface area contributed by atoms with E-state index in [2.05, 4.69) is 50.4 Å². The van der Waals surface area contributed by atoms with Gasteiger partial charge in [0, 0.05) is 19.7 Å². The Morgan fingerprint density at radius 3 is 2.52 bits per heavy atom. The fourth-order valence-corrected chi connectivity index (χ4v) is 3.53. The molecule has 3 rings (SSSR count). The van der Waals surface area contributed by atoms with Crippen molar-refractivity contribution in [3.63, 3.8) is 0 Å². The topological polar surface area (TPSA) is 50.8 Å². The van der Waals surface area contributed by atoms with Crippen molar-refractivity contribution in [2.75, 3.05) is 25.6 Å². The number of hydrogen-bond donors (Lipinski definition) is 1. The monoisotopic (exact) mass is 396 g/mol. The standard InChI is InChI=1S/C24H32N2O3/c1-24(2,3)19-13-11-18(12-14-19)16-26(17-20-8-7-15-29-20)23(27)25-21-9-5-6-10-22(21)28-4/h5-6,9-14,20H,7-8,15-17H2,1-4H3,(H,25,27)/t20-/m0/s1. The van der Waals surface area contributed by atoms with E-state index in [1.54, 1.807) is 7.11 Å². The summed E-state index contributed by atoms with van der Waals surface area (Å²) in [6, 6.07) is 15.8. The van der Waals surface area contributed by atoms with E-state index in [1.165, 1.54) is 5.56 Å². The van der Waals surface area contributed by atoms with E-state index < -0.39 is 0 Å². The largest absolute Gasteiger partial charge is 0.495 e. The minimum absolute atomic E-state index is 0.0901. The lowest BCUT2D eigenvalue weighted by atomic mass is 9.87. The third-order valence-electron chi connectivity index (χ3n) is 5.28. The first-order valence-corrected chi connectivity index (χ1v) is 10.3. The summed E-state index contributed by atoms with van der Waals surface area (Å²) in [5.41, 5.74) is 3.16. The lowest BCUT2D eigenvalue weighted by molar-refractivity contribution is 0.0819. The average Bonchev–Trinajstić information content (AvgIpc) is 3.21. The van der Waals surface area contributed by atoms with Gasteiger partial charge >= 0.3 is 6.03 Å². The van der Waals surface area contributed by atoms with E-state index in [0.29, 0.717) is 24.5 Å². The Kier molecular flexibility index (Phi) is 6.80. The predicted octanol–water partition coefficient (Wildman–Crippen LogP) is 5.21. The van der Waals surface area contributed by atoms with Gasteiger partial charge < -0.3 is 19.7 Å². The molecule has 1 atom stereocenters. The van der Waals surface area contributed by atoms with Crippen LogP contribution in [0.2, 0.25) is 0 Å². The molecule has 1 fully saturated rings. The van der Waals surface area contributed by atoms with Gasteiger partial charge in [0.25, 0.3) is 0 Å². The quantitative estimate of drug-likeness (QED) is 0.730. The fraction of sp³-hybridized carbons (Fsp3) is 0.458. The summed E-state index contributed by atoms with van der Waals surface area (Å²) in [4.78, 5) is 14.9. The number of anilines is 1. The molecule has 2 aromatic rings. The number of ether oxygens (including phenoxy) is 2. The van der Waals surface area contributed by atoms with Crippen molar-refractivity contribution in [3.8, 4) is 5.75 Å². The van der Waals surface area contributed by atoms with Gasteiger partial charge in [0.2, 0.25) is 0 Å². The van der Waals surface area contributed by atoms with Crippen molar-refractivity contribution in [3.05, 3.63) is 59.7 Å². The van der Waals surface area contributed by atoms with Crippen molar-refractivity contribution >= 4 is 11.7 Å². The van der Waals surface area contributed by atoms with Gasteiger partial charge in [-0.25, -0.2) is 4.79 Å². The van der Waals surface area contributed by atoms with Crippen molar-refractivity contribution < 1.29 is 14.3 Å². The van der Waals surface area contributed by atoms with Crippen LogP contribution in [0.1, 0.15) is 44.7 Å². The number of carbonyl (C=O) groups excluding carboxylic acids is 1. The SMILES string of the molecule is COc1ccccc1NC(=O)N(Cc1ccc(C(C)(C)C)cc1)C[C@@H]1CCCO1. The molecule has 0 bridgehead atoms. The second-order valence-corrected chi connectivity index (χ2v) is 8.59. The lowest BCUT2D eigenvalue weighted by Crippen LogP contribution is -2.39. The third kappa shape index (κ3) is 5.73. The van der Waals surface area contributed by atoms with Crippen LogP contribution in [0.5, 0.6) is 5.75 Å². The summed E-state index contributed by atoms with van der Waals surface area (Å²) in [6.07, 6.45) is 2.13. The normalized spacial score (nSPS) is 16.5. The molecule has 29 heavy (non-hydrogen) atoms. The Morgan fingerprint density at radius 1 is 1.17 bits per heavy atom. The number of para-hydroxylation sites is 2. The van der Waals surface area contributed by atoms with Gasteiger partial charge in [-0.15, -0.1) is 0 Å². The van der Waals surface area contributed by atoms with E-state index in [4.69, 9.17) is 9.47 Å². The van der Waals surface area contributed by atoms with Gasteiger partial charge in [-0.3, -0.25) is 0 Å². The van der Waals surface area contributed by atoms with Gasteiger partial charge in [-0.1, -0.05) is 57.2 Å². The number of carbonyl (C=O) groups is 1. The molecule has 1 aliphatic rings. The Hall–Kier alpha value is -2.53. The van der Waals surface area contributed by atoms with E-state index in [9.17, 15) is 4.79 Å². The molecular formula is C24H32N2O3. The zero-order valence-electron chi connectivity index (χ0n) is 17.9. The molecule has 5 nitrogen and oxygen atoms in total. The van der Waals surface area contributed by atoms with Gasteiger partial charge in [0.1, 0.15) is 5.75 Å². The lowest BCUT2D eigenvalue weighted by Gasteiger charge is -2.27. The van der Waals surface area contributed by atoms with Crippen LogP contribution in [0, 0.1) is 0 Å². The Bertz CT molecular complexity index is 806. The number of hydrogen-bond acceptors (Lipinski definition) is 3. The van der Waals surface area contributed by atoms with Gasteiger partial charge in [-0.2, -0.15) is 0 Å². The Morgan fingerprint density at radius 2 is 1.90 bits per heavy atom. The highest BCUT2D eigenvalue weighted by Gasteiger charge is 2.24. The van der Waals surface area contributed by atoms with E-state index in [0.717, 1.165) is 25.0 Å². The van der Waals surface area contributed by atoms with Crippen LogP contribution in [0.15, 0.2) is 48.5 Å². The molecule has 1 heterocycles. The molecule has 0 radical (unpaired) electrons. The number of nitrogens with zero attached hydrogens (tertiary/aromatic N) is 1. The number of benzene rings is 2. The van der Waals surface area contributed by atoms with Crippen LogP contribution in [0.3, 0.4) is 0 Å². The molecule has 156 valence electrons. The minimum Gasteiger partial charge on any atom is -0.495 e. The summed E-state index contributed by atoms with van der Waals surface area (Å²) in [6.45, 7) is 8.48. The summed E-state index contributed by atoms with van der Waals surface area (Å²) in [7, 11) is 1.60. The van der Waals surface area contributed by atoms with Crippen molar-refractivity contribution in [1.29, 1.82) is 0 Å². The third-order valence-corrected chi connectivity index (χ3v) is 5.28. The van der Waals surface area contributed by atoms with Gasteiger partial charge in [0.05, 0.1) is 18.9 Å². The molecule has 0 unspecified atom stereocenters. The Labute approximate surface area is 174 Å². The van der Waals surface area contributed by atoms with Crippen LogP contribution in [0.25, 0.3) is 0 Å². The average molecular weight is 397 g/mol. The van der Waals surface area contributed by atoms with Crippen LogP contribution >= 0.6 is 0 Å². The van der Waals surface area contributed by atoms with Crippen molar-refractivity contribution in [2.45, 2.75) is 51.7 Å². The maximum Gasteiger partial charge on any atom is 0.322 e. The second kappa shape index (κ2) is 9.31. The maximum absolute atomic E-state index is 13.1. The van der Waals surface area contributed by atoms with Crippen LogP contribution in [0.4, 0.5) is 10.5 Å². The number of amides is 2. The van der Waals surface area contributed by atoms with E-state index >= 15 is 0 Å². The van der Waals surface area contributed by atoms with E-state index in [-0.39, 0.29) is 17.6 Å². The molecule has 1 aliphatic heterocycles. The minimum atomic E-state index is -0.148. The summed E-state index contributed by atoms with van der Waals surface area (Å²) in [5.74, 6) is 0.646. The zero-order chi connectivity index (χ0) is 20.9. The molecule has 5 heteroatoms. The molecule has 2 aromatic carbocycles. The summed E-state index contributed by atoms with van der Waals surface area (Å²) >= 11 is 0. The van der Waals surface area contributed by atoms with Crippen LogP contribution in [-0.2, 0) is 16.7 Å². The highest BCUT2D eigenvalue weighted by molar-refractivity contribution is 5.91. The summed E-state index contributed by atoms with van der Waals surface area (Å²) in [5, 5.41) is 3.00. The van der Waals surface area contributed by atoms with Crippen LogP contribution < -0.4 is 10.1 Å². The highest BCUT2D eigenvalue weighted by atomic mass is 16.5. The van der Waals surface area contributed by atoms with Crippen LogP contribution in [-0.4, -0.2) is 37.3 Å². The molecule has 0 aliphatic carbocycles. The smallest absolute Gasteiger partial charge is 0.322 e. The number of rotatable bonds is 6. The van der Waals surface area contributed by atoms with Gasteiger partial charge in [0.15, 0.2) is 0 Å². The first-order chi connectivity index (χ1) is 13.9. The first kappa shape index (κ1) is 21.2. The molecule has 1 N–H and O–H groups in total. The van der Waals surface area contributed by atoms with Crippen molar-refractivity contribution in [2.24, 2.45) is 0 Å². The molecule has 0 spiro atoms. The Balaban J connectivity index is 1.75. The van der Waals surface area contributed by atoms with Crippen molar-refractivity contribution in [1.82, 2.24) is 4.90 Å². The predicted molar refractivity (Wildman–Crippen MR) is 117 cm³/mol. The highest BCUT2D eigenvalue weighted by Crippen LogP contribution is 2.25. The molecule has 0 aromatic heterocycles. The molecular weight excluding hydrogens is 364 g/mol. The number of methoxy groups -OCH3 is 1. The summed E-state index contributed by atoms with van der Waals surface area (Å²) < 4.78 is 11.1. The maximum atomic E-state index is 13.1.